The first-order valence-corrected chi connectivity index (χ1v) is 12.2. The SMILES string of the molecule is CC(=O)OC[C@@H]1O[C@@H](N2C(=O)/C(=C\c3cccnc3)SC2=S)[C@@H](OC(C)=O)[C@@H](OC(C)=O)[C@H]1OC(C)=O. The van der Waals surface area contributed by atoms with Gasteiger partial charge in [-0.25, -0.2) is 0 Å². The Kier molecular flexibility index (Phi) is 9.34. The number of hydrogen-bond acceptors (Lipinski definition) is 13. The van der Waals surface area contributed by atoms with Crippen molar-refractivity contribution in [1.29, 1.82) is 0 Å². The molecule has 198 valence electrons. The van der Waals surface area contributed by atoms with Crippen LogP contribution in [-0.2, 0) is 47.7 Å². The van der Waals surface area contributed by atoms with Crippen molar-refractivity contribution in [3.8, 4) is 0 Å². The molecule has 3 rings (SSSR count). The third kappa shape index (κ3) is 7.11. The van der Waals surface area contributed by atoms with Crippen LogP contribution in [-0.4, -0.2) is 81.2 Å². The van der Waals surface area contributed by atoms with E-state index < -0.39 is 67.0 Å². The fourth-order valence-electron chi connectivity index (χ4n) is 3.73. The van der Waals surface area contributed by atoms with E-state index in [-0.39, 0.29) is 9.23 Å². The average molecular weight is 553 g/mol. The van der Waals surface area contributed by atoms with Crippen LogP contribution in [0.2, 0.25) is 0 Å². The smallest absolute Gasteiger partial charge is 0.303 e. The van der Waals surface area contributed by atoms with Crippen LogP contribution >= 0.6 is 24.0 Å². The molecule has 0 N–H and O–H groups in total. The zero-order valence-electron chi connectivity index (χ0n) is 20.3. The highest BCUT2D eigenvalue weighted by atomic mass is 32.2. The van der Waals surface area contributed by atoms with Crippen molar-refractivity contribution in [2.45, 2.75) is 58.3 Å². The van der Waals surface area contributed by atoms with Crippen molar-refractivity contribution in [2.75, 3.05) is 6.61 Å². The van der Waals surface area contributed by atoms with E-state index in [1.807, 2.05) is 0 Å². The minimum Gasteiger partial charge on any atom is -0.463 e. The Morgan fingerprint density at radius 1 is 1.03 bits per heavy atom. The summed E-state index contributed by atoms with van der Waals surface area (Å²) in [5.41, 5.74) is 0.643. The fourth-order valence-corrected chi connectivity index (χ4v) is 5.04. The number of rotatable bonds is 7. The minimum absolute atomic E-state index is 0.0704. The zero-order chi connectivity index (χ0) is 27.3. The summed E-state index contributed by atoms with van der Waals surface area (Å²) in [6, 6.07) is 3.44. The van der Waals surface area contributed by atoms with Crippen LogP contribution in [0, 0.1) is 0 Å². The molecule has 0 bridgehead atoms. The molecule has 0 unspecified atom stereocenters. The quantitative estimate of drug-likeness (QED) is 0.208. The van der Waals surface area contributed by atoms with Gasteiger partial charge in [0.1, 0.15) is 12.7 Å². The molecule has 0 spiro atoms. The third-order valence-electron chi connectivity index (χ3n) is 5.03. The van der Waals surface area contributed by atoms with Crippen LogP contribution in [0.15, 0.2) is 29.4 Å². The molecule has 1 aromatic heterocycles. The first kappa shape index (κ1) is 28.2. The lowest BCUT2D eigenvalue weighted by atomic mass is 9.96. The number of aromatic nitrogens is 1. The molecule has 0 aliphatic carbocycles. The second kappa shape index (κ2) is 12.3. The molecule has 2 aliphatic rings. The van der Waals surface area contributed by atoms with Gasteiger partial charge in [-0.3, -0.25) is 33.9 Å². The summed E-state index contributed by atoms with van der Waals surface area (Å²) in [5, 5.41) is 0. The third-order valence-corrected chi connectivity index (χ3v) is 6.36. The minimum atomic E-state index is -1.44. The maximum Gasteiger partial charge on any atom is 0.303 e. The van der Waals surface area contributed by atoms with E-state index >= 15 is 0 Å². The molecule has 5 atom stereocenters. The van der Waals surface area contributed by atoms with Gasteiger partial charge in [-0.2, -0.15) is 0 Å². The van der Waals surface area contributed by atoms with Crippen molar-refractivity contribution in [2.24, 2.45) is 0 Å². The van der Waals surface area contributed by atoms with Gasteiger partial charge in [-0.15, -0.1) is 0 Å². The Balaban J connectivity index is 2.05. The Bertz CT molecular complexity index is 1130. The fraction of sp³-hybridized carbons (Fsp3) is 0.435. The second-order valence-corrected chi connectivity index (χ2v) is 9.60. The first-order valence-electron chi connectivity index (χ1n) is 11.0. The van der Waals surface area contributed by atoms with E-state index in [0.717, 1.165) is 44.4 Å². The summed E-state index contributed by atoms with van der Waals surface area (Å²) < 4.78 is 27.4. The van der Waals surface area contributed by atoms with Gasteiger partial charge >= 0.3 is 23.9 Å². The van der Waals surface area contributed by atoms with Gasteiger partial charge in [0.15, 0.2) is 28.9 Å². The van der Waals surface area contributed by atoms with Crippen LogP contribution in [0.3, 0.4) is 0 Å². The van der Waals surface area contributed by atoms with Gasteiger partial charge < -0.3 is 23.7 Å². The van der Waals surface area contributed by atoms with Crippen molar-refractivity contribution in [1.82, 2.24) is 9.88 Å². The normalized spacial score (nSPS) is 26.5. The molecule has 14 heteroatoms. The van der Waals surface area contributed by atoms with E-state index in [0.29, 0.717) is 5.56 Å². The van der Waals surface area contributed by atoms with E-state index in [2.05, 4.69) is 4.98 Å². The molecule has 0 radical (unpaired) electrons. The first-order chi connectivity index (χ1) is 17.5. The number of nitrogens with zero attached hydrogens (tertiary/aromatic N) is 2. The molecule has 2 fully saturated rings. The monoisotopic (exact) mass is 552 g/mol. The standard InChI is InChI=1S/C23H24N2O10S2/c1-11(26)31-10-16-18(32-12(2)27)19(33-13(3)28)20(34-14(4)29)22(35-16)25-21(30)17(37-23(25)36)8-15-6-5-7-24-9-15/h5-9,16,18-20,22H,10H2,1-4H3/b17-8+/t16-,18-,19-,20-,22+/m0/s1. The molecular weight excluding hydrogens is 528 g/mol. The van der Waals surface area contributed by atoms with Gasteiger partial charge in [0.2, 0.25) is 0 Å². The number of ether oxygens (including phenoxy) is 5. The van der Waals surface area contributed by atoms with Crippen LogP contribution in [0.4, 0.5) is 0 Å². The number of pyridine rings is 1. The summed E-state index contributed by atoms with van der Waals surface area (Å²) in [5.74, 6) is -3.55. The largest absolute Gasteiger partial charge is 0.463 e. The number of carbonyl (C=O) groups excluding carboxylic acids is 5. The molecule has 0 aromatic carbocycles. The molecule has 0 saturated carbocycles. The van der Waals surface area contributed by atoms with Crippen molar-refractivity contribution >= 4 is 64.2 Å². The molecular formula is C23H24N2O10S2. The summed E-state index contributed by atoms with van der Waals surface area (Å²) in [6.07, 6.45) is -2.10. The van der Waals surface area contributed by atoms with Crippen molar-refractivity contribution < 1.29 is 47.7 Å². The Morgan fingerprint density at radius 3 is 2.22 bits per heavy atom. The van der Waals surface area contributed by atoms with Gasteiger partial charge in [0, 0.05) is 40.1 Å². The van der Waals surface area contributed by atoms with Crippen LogP contribution in [0.5, 0.6) is 0 Å². The van der Waals surface area contributed by atoms with Gasteiger partial charge in [0.25, 0.3) is 5.91 Å². The van der Waals surface area contributed by atoms with E-state index in [9.17, 15) is 24.0 Å². The predicted molar refractivity (Wildman–Crippen MR) is 131 cm³/mol. The van der Waals surface area contributed by atoms with Crippen LogP contribution in [0.25, 0.3) is 6.08 Å². The average Bonchev–Trinajstić information content (AvgIpc) is 3.07. The topological polar surface area (TPSA) is 148 Å². The molecule has 1 amide bonds. The Labute approximate surface area is 221 Å². The van der Waals surface area contributed by atoms with Crippen LogP contribution in [0.1, 0.15) is 33.3 Å². The lowest BCUT2D eigenvalue weighted by Gasteiger charge is -2.46. The molecule has 2 aliphatic heterocycles. The van der Waals surface area contributed by atoms with Gasteiger partial charge in [-0.1, -0.05) is 30.0 Å². The maximum absolute atomic E-state index is 13.4. The summed E-state index contributed by atoms with van der Waals surface area (Å²) in [7, 11) is 0. The highest BCUT2D eigenvalue weighted by molar-refractivity contribution is 8.26. The Hall–Kier alpha value is -3.36. The lowest BCUT2D eigenvalue weighted by Crippen LogP contribution is -2.66. The van der Waals surface area contributed by atoms with Crippen LogP contribution < -0.4 is 0 Å². The number of carbonyl (C=O) groups is 5. The van der Waals surface area contributed by atoms with E-state index in [1.165, 1.54) is 0 Å². The number of thioether (sulfide) groups is 1. The van der Waals surface area contributed by atoms with E-state index in [4.69, 9.17) is 35.9 Å². The molecule has 37 heavy (non-hydrogen) atoms. The number of thiocarbonyl (C=S) groups is 1. The molecule has 3 heterocycles. The Morgan fingerprint density at radius 2 is 1.65 bits per heavy atom. The molecule has 2 saturated heterocycles. The lowest BCUT2D eigenvalue weighted by molar-refractivity contribution is -0.268. The number of hydrogen-bond donors (Lipinski definition) is 0. The van der Waals surface area contributed by atoms with Gasteiger partial charge in [-0.05, 0) is 17.7 Å². The van der Waals surface area contributed by atoms with Crippen molar-refractivity contribution in [3.05, 3.63) is 35.0 Å². The molecule has 1 aromatic rings. The molecule has 12 nitrogen and oxygen atoms in total. The highest BCUT2D eigenvalue weighted by Gasteiger charge is 2.56. The summed E-state index contributed by atoms with van der Waals surface area (Å²) in [4.78, 5) is 66.2. The highest BCUT2D eigenvalue weighted by Crippen LogP contribution is 2.39. The summed E-state index contributed by atoms with van der Waals surface area (Å²) >= 11 is 6.42. The predicted octanol–water partition coefficient (Wildman–Crippen LogP) is 1.37. The number of esters is 4. The van der Waals surface area contributed by atoms with E-state index in [1.54, 1.807) is 30.6 Å². The maximum atomic E-state index is 13.4. The second-order valence-electron chi connectivity index (χ2n) is 7.93. The van der Waals surface area contributed by atoms with Crippen molar-refractivity contribution in [3.63, 3.8) is 0 Å². The zero-order valence-corrected chi connectivity index (χ0v) is 21.9. The van der Waals surface area contributed by atoms with Gasteiger partial charge in [0.05, 0.1) is 4.91 Å². The number of amides is 1. The summed E-state index contributed by atoms with van der Waals surface area (Å²) in [6.45, 7) is 4.08.